The molecule has 4 nitrogen and oxygen atoms in total. The van der Waals surface area contributed by atoms with E-state index in [0.717, 1.165) is 20.6 Å². The topological polar surface area (TPSA) is 49.3 Å². The monoisotopic (exact) mass is 261 g/mol. The maximum atomic E-state index is 12.6. The van der Waals surface area contributed by atoms with Crippen molar-refractivity contribution >= 4 is 11.9 Å². The minimum absolute atomic E-state index is 0.479. The Morgan fingerprint density at radius 2 is 1.53 bits per heavy atom. The van der Waals surface area contributed by atoms with Gasteiger partial charge in [0.25, 0.3) is 17.5 Å². The molecule has 0 unspecified atom stereocenters. The molecule has 4 heteroatoms. The molecule has 0 aromatic heterocycles. The first-order valence-electron chi connectivity index (χ1n) is 6.42. The summed E-state index contributed by atoms with van der Waals surface area (Å²) in [6.07, 6.45) is 1.50. The van der Waals surface area contributed by atoms with Crippen LogP contribution in [0.5, 0.6) is 0 Å². The minimum atomic E-state index is -0.739. The predicted molar refractivity (Wildman–Crippen MR) is 75.2 cm³/mol. The Kier molecular flexibility index (Phi) is 2.92. The van der Waals surface area contributed by atoms with E-state index in [-0.39, 0.29) is 0 Å². The van der Waals surface area contributed by atoms with E-state index in [1.54, 1.807) is 0 Å². The van der Waals surface area contributed by atoms with Crippen LogP contribution in [0.1, 0.15) is 38.8 Å². The van der Waals surface area contributed by atoms with Crippen LogP contribution >= 0.6 is 0 Å². The lowest BCUT2D eigenvalue weighted by atomic mass is 9.81. The van der Waals surface area contributed by atoms with Gasteiger partial charge in [0, 0.05) is 27.7 Å². The Labute approximate surface area is 113 Å². The summed E-state index contributed by atoms with van der Waals surface area (Å²) in [6.45, 7) is 9.37. The van der Waals surface area contributed by atoms with Crippen LogP contribution in [-0.2, 0) is 0 Å². The summed E-state index contributed by atoms with van der Waals surface area (Å²) in [7, 11) is 0. The Bertz CT molecular complexity index is 566. The van der Waals surface area contributed by atoms with Crippen molar-refractivity contribution in [1.82, 2.24) is 0 Å². The first-order chi connectivity index (χ1) is 8.68. The smallest absolute Gasteiger partial charge is 0.288 e. The minimum Gasteiger partial charge on any atom is -0.623 e. The third-order valence-electron chi connectivity index (χ3n) is 4.39. The largest absolute Gasteiger partial charge is 0.623 e. The Hall–Kier alpha value is -1.84. The summed E-state index contributed by atoms with van der Waals surface area (Å²) in [5.41, 5.74) is 1.02. The van der Waals surface area contributed by atoms with Crippen molar-refractivity contribution in [2.45, 2.75) is 45.7 Å². The van der Waals surface area contributed by atoms with Crippen molar-refractivity contribution in [1.29, 1.82) is 0 Å². The average Bonchev–Trinajstić information content (AvgIpc) is 2.34. The molecule has 0 saturated heterocycles. The molecule has 102 valence electrons. The molecule has 19 heavy (non-hydrogen) atoms. The Balaban J connectivity index is 2.61. The van der Waals surface area contributed by atoms with E-state index in [4.69, 9.17) is 0 Å². The fraction of sp³-hybridized carbons (Fsp3) is 0.467. The van der Waals surface area contributed by atoms with Crippen molar-refractivity contribution in [3.8, 4) is 0 Å². The number of hydroxylamine groups is 2. The van der Waals surface area contributed by atoms with Gasteiger partial charge in [-0.2, -0.15) is 4.74 Å². The van der Waals surface area contributed by atoms with Crippen LogP contribution in [0.2, 0.25) is 0 Å². The molecule has 2 rings (SSSR count). The number of hydrogen-bond donors (Lipinski definition) is 1. The Morgan fingerprint density at radius 1 is 1.00 bits per heavy atom. The lowest BCUT2D eigenvalue weighted by Gasteiger charge is -2.35. The highest BCUT2D eigenvalue weighted by atomic mass is 16.5. The van der Waals surface area contributed by atoms with Crippen molar-refractivity contribution in [2.75, 3.05) is 0 Å². The summed E-state index contributed by atoms with van der Waals surface area (Å²) < 4.78 is 2.13. The molecular formula is C15H21N2O2+. The summed E-state index contributed by atoms with van der Waals surface area (Å²) in [6, 6.07) is 7.71. The van der Waals surface area contributed by atoms with Crippen molar-refractivity contribution < 1.29 is 14.7 Å². The quantitative estimate of drug-likeness (QED) is 0.479. The lowest BCUT2D eigenvalue weighted by molar-refractivity contribution is -0.851. The molecule has 1 aliphatic heterocycles. The number of nitrogens with zero attached hydrogens (tertiary/aromatic N) is 2. The van der Waals surface area contributed by atoms with Crippen LogP contribution in [0.4, 0.5) is 0 Å². The summed E-state index contributed by atoms with van der Waals surface area (Å²) >= 11 is 0. The molecule has 0 aliphatic carbocycles. The number of benzene rings is 1. The van der Waals surface area contributed by atoms with Gasteiger partial charge in [-0.25, -0.2) is 0 Å². The lowest BCUT2D eigenvalue weighted by Crippen LogP contribution is -2.62. The summed E-state index contributed by atoms with van der Waals surface area (Å²) in [5, 5.41) is 22.8. The van der Waals surface area contributed by atoms with E-state index in [1.165, 1.54) is 6.21 Å². The molecule has 0 fully saturated rings. The van der Waals surface area contributed by atoms with Crippen molar-refractivity contribution in [2.24, 2.45) is 0 Å². The van der Waals surface area contributed by atoms with Crippen LogP contribution < -0.4 is 0 Å². The van der Waals surface area contributed by atoms with Crippen LogP contribution in [0.25, 0.3) is 0 Å². The molecule has 0 spiro atoms. The molecule has 0 radical (unpaired) electrons. The SMILES string of the molecule is Cc1ccc(C2=[N+]([O-])C(C)(C)C(C)(C)[N+](O)=C2)cc1. The van der Waals surface area contributed by atoms with Gasteiger partial charge in [-0.1, -0.05) is 17.7 Å². The fourth-order valence-corrected chi connectivity index (χ4v) is 2.08. The molecule has 0 saturated carbocycles. The normalized spacial score (nSPS) is 21.2. The van der Waals surface area contributed by atoms with Crippen LogP contribution in [0.15, 0.2) is 24.3 Å². The molecule has 0 atom stereocenters. The standard InChI is InChI=1S/C15H21N2O2/c1-11-6-8-12(9-7-11)13-10-16(18)14(2,3)15(4,5)17(13)19/h6-10,18H,1-5H3/q+1. The molecule has 0 bridgehead atoms. The van der Waals surface area contributed by atoms with Gasteiger partial charge in [0.1, 0.15) is 0 Å². The molecule has 0 amide bonds. The highest BCUT2D eigenvalue weighted by Gasteiger charge is 2.58. The molecule has 1 N–H and O–H groups in total. The number of hydrogen-bond acceptors (Lipinski definition) is 2. The van der Waals surface area contributed by atoms with Crippen molar-refractivity contribution in [3.63, 3.8) is 0 Å². The third kappa shape index (κ3) is 1.91. The second-order valence-electron chi connectivity index (χ2n) is 6.14. The van der Waals surface area contributed by atoms with E-state index in [0.29, 0.717) is 5.71 Å². The molecule has 1 aliphatic rings. The average molecular weight is 261 g/mol. The number of rotatable bonds is 1. The first-order valence-corrected chi connectivity index (χ1v) is 6.42. The zero-order valence-electron chi connectivity index (χ0n) is 12.1. The molecular weight excluding hydrogens is 240 g/mol. The molecule has 1 aromatic rings. The number of aryl methyl sites for hydroxylation is 1. The van der Waals surface area contributed by atoms with Gasteiger partial charge in [-0.15, -0.1) is 0 Å². The van der Waals surface area contributed by atoms with Gasteiger partial charge in [-0.05, 0) is 23.8 Å². The predicted octanol–water partition coefficient (Wildman–Crippen LogP) is 2.34. The fourth-order valence-electron chi connectivity index (χ4n) is 2.08. The van der Waals surface area contributed by atoms with E-state index in [1.807, 2.05) is 58.9 Å². The van der Waals surface area contributed by atoms with Gasteiger partial charge in [0.15, 0.2) is 0 Å². The van der Waals surface area contributed by atoms with Gasteiger partial charge in [0.2, 0.25) is 5.54 Å². The second kappa shape index (κ2) is 4.08. The van der Waals surface area contributed by atoms with E-state index in [2.05, 4.69) is 0 Å². The van der Waals surface area contributed by atoms with E-state index >= 15 is 0 Å². The first kappa shape index (κ1) is 13.6. The second-order valence-corrected chi connectivity index (χ2v) is 6.14. The van der Waals surface area contributed by atoms with Gasteiger partial charge in [0.05, 0.1) is 5.56 Å². The summed E-state index contributed by atoms with van der Waals surface area (Å²) in [5.74, 6) is 0. The highest BCUT2D eigenvalue weighted by molar-refractivity contribution is 6.34. The zero-order valence-corrected chi connectivity index (χ0v) is 12.1. The zero-order chi connectivity index (χ0) is 14.4. The molecule has 1 heterocycles. The van der Waals surface area contributed by atoms with Crippen LogP contribution in [-0.4, -0.2) is 37.7 Å². The van der Waals surface area contributed by atoms with Gasteiger partial charge in [-0.3, -0.25) is 5.21 Å². The maximum absolute atomic E-state index is 12.6. The van der Waals surface area contributed by atoms with Crippen LogP contribution in [0.3, 0.4) is 0 Å². The molecule has 1 aromatic carbocycles. The highest BCUT2D eigenvalue weighted by Crippen LogP contribution is 2.30. The van der Waals surface area contributed by atoms with Gasteiger partial charge < -0.3 is 5.21 Å². The van der Waals surface area contributed by atoms with Crippen molar-refractivity contribution in [3.05, 3.63) is 40.6 Å². The van der Waals surface area contributed by atoms with E-state index in [9.17, 15) is 10.4 Å². The Morgan fingerprint density at radius 3 is 2.05 bits per heavy atom. The maximum Gasteiger partial charge on any atom is 0.288 e. The summed E-state index contributed by atoms with van der Waals surface area (Å²) in [4.78, 5) is 0. The van der Waals surface area contributed by atoms with Crippen LogP contribution in [0, 0.1) is 12.1 Å². The van der Waals surface area contributed by atoms with Gasteiger partial charge >= 0.3 is 0 Å². The third-order valence-corrected chi connectivity index (χ3v) is 4.39. The van der Waals surface area contributed by atoms with E-state index < -0.39 is 11.1 Å².